The third-order valence-corrected chi connectivity index (χ3v) is 6.88. The van der Waals surface area contributed by atoms with Gasteiger partial charge in [0.1, 0.15) is 5.56 Å². The molecule has 1 fully saturated rings. The summed E-state index contributed by atoms with van der Waals surface area (Å²) in [6, 6.07) is 3.82. The Labute approximate surface area is 190 Å². The molecular weight excluding hydrogens is 438 g/mol. The first kappa shape index (κ1) is 22.0. The van der Waals surface area contributed by atoms with E-state index >= 15 is 0 Å². The van der Waals surface area contributed by atoms with Crippen molar-refractivity contribution in [2.24, 2.45) is 7.05 Å². The molecule has 0 N–H and O–H groups in total. The summed E-state index contributed by atoms with van der Waals surface area (Å²) in [4.78, 5) is 22.4. The molecule has 0 atom stereocenters. The number of carbonyl (C=O) groups is 1. The van der Waals surface area contributed by atoms with E-state index in [1.165, 1.54) is 18.4 Å². The molecule has 1 aliphatic heterocycles. The minimum absolute atomic E-state index is 0.181. The number of halogens is 1. The van der Waals surface area contributed by atoms with Gasteiger partial charge in [-0.15, -0.1) is 5.10 Å². The van der Waals surface area contributed by atoms with Crippen LogP contribution >= 0.6 is 22.9 Å². The summed E-state index contributed by atoms with van der Waals surface area (Å²) in [5.74, 6) is 0.126. The summed E-state index contributed by atoms with van der Waals surface area (Å²) in [7, 11) is 3.28. The molecule has 0 unspecified atom stereocenters. The highest BCUT2D eigenvalue weighted by Crippen LogP contribution is 2.36. The largest absolute Gasteiger partial charge is 0.479 e. The SMILES string of the molecule is COc1nn(C)cc1C(=O)N(CCCN1CCOCC1)c1nc2c(C)ccc(Cl)c2s1. The van der Waals surface area contributed by atoms with Crippen molar-refractivity contribution >= 4 is 44.2 Å². The fourth-order valence-corrected chi connectivity index (χ4v) is 5.02. The lowest BCUT2D eigenvalue weighted by Gasteiger charge is -2.27. The average molecular weight is 464 g/mol. The van der Waals surface area contributed by atoms with E-state index in [0.29, 0.717) is 28.1 Å². The molecule has 0 spiro atoms. The van der Waals surface area contributed by atoms with E-state index in [2.05, 4.69) is 10.00 Å². The third kappa shape index (κ3) is 4.69. The fourth-order valence-electron chi connectivity index (χ4n) is 3.68. The first-order valence-electron chi connectivity index (χ1n) is 10.2. The van der Waals surface area contributed by atoms with Gasteiger partial charge in [-0.1, -0.05) is 29.0 Å². The lowest BCUT2D eigenvalue weighted by Crippen LogP contribution is -2.39. The number of aromatic nitrogens is 3. The molecule has 1 aromatic carbocycles. The number of anilines is 1. The number of thiazole rings is 1. The Kier molecular flexibility index (Phi) is 6.76. The van der Waals surface area contributed by atoms with E-state index in [0.717, 1.165) is 55.0 Å². The van der Waals surface area contributed by atoms with Crippen LogP contribution in [0.4, 0.5) is 5.13 Å². The number of amides is 1. The molecule has 31 heavy (non-hydrogen) atoms. The summed E-state index contributed by atoms with van der Waals surface area (Å²) in [5, 5.41) is 5.51. The van der Waals surface area contributed by atoms with Crippen LogP contribution in [0.3, 0.4) is 0 Å². The predicted octanol–water partition coefficient (Wildman–Crippen LogP) is 3.37. The van der Waals surface area contributed by atoms with E-state index in [1.807, 2.05) is 19.1 Å². The number of methoxy groups -OCH3 is 1. The first-order chi connectivity index (χ1) is 15.0. The van der Waals surface area contributed by atoms with Gasteiger partial charge in [0.05, 0.1) is 35.6 Å². The molecule has 1 aliphatic rings. The van der Waals surface area contributed by atoms with E-state index in [1.54, 1.807) is 22.8 Å². The molecule has 1 saturated heterocycles. The van der Waals surface area contributed by atoms with Crippen LogP contribution in [0.1, 0.15) is 22.3 Å². The summed E-state index contributed by atoms with van der Waals surface area (Å²) in [5.41, 5.74) is 2.27. The maximum atomic E-state index is 13.6. The highest BCUT2D eigenvalue weighted by atomic mass is 35.5. The second kappa shape index (κ2) is 9.52. The van der Waals surface area contributed by atoms with Gasteiger partial charge in [0.15, 0.2) is 5.13 Å². The van der Waals surface area contributed by atoms with Crippen LogP contribution in [0, 0.1) is 6.92 Å². The minimum Gasteiger partial charge on any atom is -0.479 e. The van der Waals surface area contributed by atoms with Gasteiger partial charge in [0.25, 0.3) is 5.91 Å². The molecule has 8 nitrogen and oxygen atoms in total. The van der Waals surface area contributed by atoms with Gasteiger partial charge >= 0.3 is 0 Å². The topological polar surface area (TPSA) is 72.7 Å². The zero-order valence-electron chi connectivity index (χ0n) is 17.9. The number of morpholine rings is 1. The summed E-state index contributed by atoms with van der Waals surface area (Å²) >= 11 is 7.85. The number of ether oxygens (including phenoxy) is 2. The number of rotatable bonds is 7. The Morgan fingerprint density at radius 1 is 1.35 bits per heavy atom. The van der Waals surface area contributed by atoms with Crippen molar-refractivity contribution in [3.8, 4) is 5.88 Å². The van der Waals surface area contributed by atoms with Crippen molar-refractivity contribution in [1.82, 2.24) is 19.7 Å². The van der Waals surface area contributed by atoms with Crippen molar-refractivity contribution in [1.29, 1.82) is 0 Å². The van der Waals surface area contributed by atoms with E-state index in [4.69, 9.17) is 26.1 Å². The molecule has 0 aliphatic carbocycles. The van der Waals surface area contributed by atoms with E-state index < -0.39 is 0 Å². The van der Waals surface area contributed by atoms with Crippen molar-refractivity contribution < 1.29 is 14.3 Å². The van der Waals surface area contributed by atoms with Crippen molar-refractivity contribution in [2.45, 2.75) is 13.3 Å². The van der Waals surface area contributed by atoms with Gasteiger partial charge in [-0.25, -0.2) is 4.98 Å². The molecule has 3 heterocycles. The van der Waals surface area contributed by atoms with Crippen LogP contribution in [0.5, 0.6) is 5.88 Å². The second-order valence-electron chi connectivity index (χ2n) is 7.53. The molecule has 0 radical (unpaired) electrons. The molecular formula is C21H26ClN5O3S. The van der Waals surface area contributed by atoms with Gasteiger partial charge in [-0.3, -0.25) is 19.3 Å². The Morgan fingerprint density at radius 3 is 2.84 bits per heavy atom. The third-order valence-electron chi connectivity index (χ3n) is 5.34. The van der Waals surface area contributed by atoms with Crippen LogP contribution in [0.2, 0.25) is 5.02 Å². The predicted molar refractivity (Wildman–Crippen MR) is 123 cm³/mol. The molecule has 3 aromatic rings. The van der Waals surface area contributed by atoms with Crippen LogP contribution in [0.25, 0.3) is 10.2 Å². The van der Waals surface area contributed by atoms with Crippen LogP contribution < -0.4 is 9.64 Å². The minimum atomic E-state index is -0.181. The standard InChI is InChI=1S/C21H26ClN5O3S/c1-14-5-6-16(22)18-17(14)23-21(31-18)27(8-4-7-26-9-11-30-12-10-26)20(28)15-13-25(2)24-19(15)29-3/h5-6,13H,4,7-12H2,1-3H3. The molecule has 166 valence electrons. The van der Waals surface area contributed by atoms with E-state index in [9.17, 15) is 4.79 Å². The maximum absolute atomic E-state index is 13.6. The smallest absolute Gasteiger partial charge is 0.267 e. The maximum Gasteiger partial charge on any atom is 0.267 e. The number of aryl methyl sites for hydroxylation is 2. The number of nitrogens with zero attached hydrogens (tertiary/aromatic N) is 5. The molecule has 0 bridgehead atoms. The van der Waals surface area contributed by atoms with Crippen molar-refractivity contribution in [3.05, 3.63) is 34.5 Å². The highest BCUT2D eigenvalue weighted by Gasteiger charge is 2.27. The molecule has 10 heteroatoms. The lowest BCUT2D eigenvalue weighted by molar-refractivity contribution is 0.0376. The lowest BCUT2D eigenvalue weighted by atomic mass is 10.2. The Bertz CT molecular complexity index is 1040. The molecule has 4 rings (SSSR count). The Morgan fingerprint density at radius 2 is 2.13 bits per heavy atom. The second-order valence-corrected chi connectivity index (χ2v) is 8.91. The first-order valence-corrected chi connectivity index (χ1v) is 11.4. The Balaban J connectivity index is 1.64. The van der Waals surface area contributed by atoms with Crippen molar-refractivity contribution in [2.75, 3.05) is 51.4 Å². The van der Waals surface area contributed by atoms with Crippen LogP contribution in [0.15, 0.2) is 18.3 Å². The van der Waals surface area contributed by atoms with Gasteiger partial charge in [-0.05, 0) is 25.0 Å². The van der Waals surface area contributed by atoms with Gasteiger partial charge < -0.3 is 9.47 Å². The monoisotopic (exact) mass is 463 g/mol. The molecule has 0 saturated carbocycles. The normalized spacial score (nSPS) is 14.8. The number of benzene rings is 1. The van der Waals surface area contributed by atoms with Crippen LogP contribution in [-0.2, 0) is 11.8 Å². The molecule has 2 aromatic heterocycles. The van der Waals surface area contributed by atoms with Gasteiger partial charge in [-0.2, -0.15) is 0 Å². The van der Waals surface area contributed by atoms with Crippen molar-refractivity contribution in [3.63, 3.8) is 0 Å². The highest BCUT2D eigenvalue weighted by molar-refractivity contribution is 7.23. The summed E-state index contributed by atoms with van der Waals surface area (Å²) in [6.45, 7) is 6.76. The molecule has 1 amide bonds. The zero-order chi connectivity index (χ0) is 22.0. The number of hydrogen-bond acceptors (Lipinski definition) is 7. The van der Waals surface area contributed by atoms with E-state index in [-0.39, 0.29) is 5.91 Å². The zero-order valence-corrected chi connectivity index (χ0v) is 19.5. The summed E-state index contributed by atoms with van der Waals surface area (Å²) < 4.78 is 13.2. The fraction of sp³-hybridized carbons (Fsp3) is 0.476. The quantitative estimate of drug-likeness (QED) is 0.535. The summed E-state index contributed by atoms with van der Waals surface area (Å²) in [6.07, 6.45) is 2.50. The number of hydrogen-bond donors (Lipinski definition) is 0. The average Bonchev–Trinajstić information content (AvgIpc) is 3.39. The Hall–Kier alpha value is -2.20. The van der Waals surface area contributed by atoms with Crippen LogP contribution in [-0.4, -0.2) is 72.1 Å². The number of fused-ring (bicyclic) bond motifs is 1. The van der Waals surface area contributed by atoms with Gasteiger partial charge in [0.2, 0.25) is 5.88 Å². The van der Waals surface area contributed by atoms with Gasteiger partial charge in [0, 0.05) is 39.4 Å². The number of carbonyl (C=O) groups excluding carboxylic acids is 1.